The molecule has 1 saturated heterocycles. The predicted molar refractivity (Wildman–Crippen MR) is 104 cm³/mol. The fourth-order valence-corrected chi connectivity index (χ4v) is 3.35. The van der Waals surface area contributed by atoms with Gasteiger partial charge in [0, 0.05) is 6.10 Å². The maximum Gasteiger partial charge on any atom is 0.495 e. The first-order chi connectivity index (χ1) is 11.2. The zero-order valence-electron chi connectivity index (χ0n) is 15.6. The van der Waals surface area contributed by atoms with Gasteiger partial charge in [0.2, 0.25) is 0 Å². The van der Waals surface area contributed by atoms with E-state index in [1.165, 1.54) is 16.3 Å². The molecule has 24 heavy (non-hydrogen) atoms. The molecule has 0 bridgehead atoms. The summed E-state index contributed by atoms with van der Waals surface area (Å²) in [4.78, 5) is 0. The van der Waals surface area contributed by atoms with Crippen molar-refractivity contribution in [3.63, 3.8) is 0 Å². The van der Waals surface area contributed by atoms with Gasteiger partial charge in [0.25, 0.3) is 0 Å². The molecule has 0 aliphatic carbocycles. The molecule has 3 rings (SSSR count). The smallest absolute Gasteiger partial charge is 0.425 e. The van der Waals surface area contributed by atoms with Gasteiger partial charge in [-0.3, -0.25) is 0 Å². The average molecular weight is 342 g/mol. The van der Waals surface area contributed by atoms with Crippen LogP contribution in [0.4, 0.5) is 0 Å². The first-order valence-corrected chi connectivity index (χ1v) is 9.46. The predicted octanol–water partition coefficient (Wildman–Crippen LogP) is 2.37. The molecule has 128 valence electrons. The van der Waals surface area contributed by atoms with Gasteiger partial charge < -0.3 is 13.7 Å². The van der Waals surface area contributed by atoms with Gasteiger partial charge >= 0.3 is 7.12 Å². The van der Waals surface area contributed by atoms with E-state index in [0.29, 0.717) is 0 Å². The maximum absolute atomic E-state index is 6.30. The zero-order valence-corrected chi connectivity index (χ0v) is 17.6. The molecule has 1 heterocycles. The van der Waals surface area contributed by atoms with Gasteiger partial charge in [-0.1, -0.05) is 36.4 Å². The molecule has 1 aliphatic heterocycles. The number of hydrogen-bond acceptors (Lipinski definition) is 3. The van der Waals surface area contributed by atoms with E-state index in [4.69, 9.17) is 13.7 Å². The third-order valence-electron chi connectivity index (χ3n) is 5.44. The highest BCUT2D eigenvalue weighted by Gasteiger charge is 2.52. The topological polar surface area (TPSA) is 27.7 Å². The van der Waals surface area contributed by atoms with Gasteiger partial charge in [-0.25, -0.2) is 0 Å². The number of fused-ring (bicyclic) bond motifs is 1. The lowest BCUT2D eigenvalue weighted by atomic mass is 9.74. The Bertz CT molecular complexity index is 723. The molecule has 5 heteroatoms. The zero-order chi connectivity index (χ0) is 17.5. The Balaban J connectivity index is 2.09. The summed E-state index contributed by atoms with van der Waals surface area (Å²) in [6, 6.07) is 12.8. The second kappa shape index (κ2) is 6.30. The highest BCUT2D eigenvalue weighted by atomic mass is 28.2. The van der Waals surface area contributed by atoms with E-state index < -0.39 is 0 Å². The van der Waals surface area contributed by atoms with E-state index in [2.05, 4.69) is 71.0 Å². The summed E-state index contributed by atoms with van der Waals surface area (Å²) >= 11 is 0. The molecule has 2 aromatic rings. The molecule has 0 radical (unpaired) electrons. The molecule has 1 fully saturated rings. The van der Waals surface area contributed by atoms with Crippen LogP contribution in [0.25, 0.3) is 10.8 Å². The largest absolute Gasteiger partial charge is 0.495 e. The van der Waals surface area contributed by atoms with E-state index in [-0.39, 0.29) is 24.4 Å². The Labute approximate surface area is 148 Å². The maximum atomic E-state index is 6.30. The minimum absolute atomic E-state index is 0.230. The summed E-state index contributed by atoms with van der Waals surface area (Å²) in [5.74, 6) is 0. The number of benzene rings is 2. The Morgan fingerprint density at radius 2 is 1.62 bits per heavy atom. The van der Waals surface area contributed by atoms with Crippen molar-refractivity contribution in [2.75, 3.05) is 0 Å². The molecule has 3 nitrogen and oxygen atoms in total. The summed E-state index contributed by atoms with van der Waals surface area (Å²) in [6.45, 7) is 10.5. The van der Waals surface area contributed by atoms with Crippen molar-refractivity contribution in [1.29, 1.82) is 0 Å². The highest BCUT2D eigenvalue weighted by Crippen LogP contribution is 2.37. The molecule has 1 aliphatic rings. The van der Waals surface area contributed by atoms with Crippen molar-refractivity contribution < 1.29 is 13.7 Å². The lowest BCUT2D eigenvalue weighted by Crippen LogP contribution is -2.41. The second-order valence-electron chi connectivity index (χ2n) is 7.70. The molecule has 0 saturated carbocycles. The molecule has 0 aromatic heterocycles. The van der Waals surface area contributed by atoms with Crippen LogP contribution in [-0.2, 0) is 20.2 Å². The van der Waals surface area contributed by atoms with Crippen LogP contribution < -0.4 is 5.46 Å². The summed E-state index contributed by atoms with van der Waals surface area (Å²) < 4.78 is 18.2. The van der Waals surface area contributed by atoms with Crippen LogP contribution in [0.3, 0.4) is 0 Å². The van der Waals surface area contributed by atoms with Crippen LogP contribution in [0, 0.1) is 0 Å². The quantitative estimate of drug-likeness (QED) is 0.799. The molecule has 0 amide bonds. The van der Waals surface area contributed by atoms with Crippen LogP contribution in [0.15, 0.2) is 36.4 Å². The molecule has 1 unspecified atom stereocenters. The lowest BCUT2D eigenvalue weighted by Gasteiger charge is -2.32. The van der Waals surface area contributed by atoms with E-state index in [1.54, 1.807) is 0 Å². The van der Waals surface area contributed by atoms with E-state index in [0.717, 1.165) is 22.4 Å². The Morgan fingerprint density at radius 1 is 1.04 bits per heavy atom. The first kappa shape index (κ1) is 17.7. The Morgan fingerprint density at radius 3 is 2.21 bits per heavy atom. The molecular weight excluding hydrogens is 315 g/mol. The molecule has 2 aromatic carbocycles. The van der Waals surface area contributed by atoms with Crippen molar-refractivity contribution in [2.24, 2.45) is 0 Å². The van der Waals surface area contributed by atoms with Gasteiger partial charge in [0.15, 0.2) is 0 Å². The highest BCUT2D eigenvalue weighted by molar-refractivity contribution is 6.65. The fraction of sp³-hybridized carbons (Fsp3) is 0.474. The van der Waals surface area contributed by atoms with Gasteiger partial charge in [-0.05, 0) is 62.8 Å². The standard InChI is InChI=1S/C19H27BO3Si/c1-13(21-24)12-15-10-6-8-14-9-7-11-16(17(14)15)20-22-18(2,3)19(4,5)23-20/h6-11,13H,12H2,1-5,24H3. The Kier molecular flexibility index (Phi) is 4.64. The second-order valence-corrected chi connectivity index (χ2v) is 8.17. The van der Waals surface area contributed by atoms with Gasteiger partial charge in [-0.2, -0.15) is 0 Å². The molecule has 0 spiro atoms. The minimum atomic E-state index is -0.341. The van der Waals surface area contributed by atoms with Crippen LogP contribution >= 0.6 is 0 Å². The van der Waals surface area contributed by atoms with Gasteiger partial charge in [-0.15, -0.1) is 0 Å². The molecule has 0 N–H and O–H groups in total. The van der Waals surface area contributed by atoms with E-state index >= 15 is 0 Å². The summed E-state index contributed by atoms with van der Waals surface area (Å²) in [5, 5.41) is 2.46. The Hall–Kier alpha value is -1.14. The summed E-state index contributed by atoms with van der Waals surface area (Å²) in [7, 11) is 0.417. The van der Waals surface area contributed by atoms with Gasteiger partial charge in [0.05, 0.1) is 11.2 Å². The lowest BCUT2D eigenvalue weighted by molar-refractivity contribution is 0.00578. The number of rotatable bonds is 4. The van der Waals surface area contributed by atoms with Crippen LogP contribution in [0.1, 0.15) is 40.2 Å². The van der Waals surface area contributed by atoms with Crippen molar-refractivity contribution in [1.82, 2.24) is 0 Å². The monoisotopic (exact) mass is 342 g/mol. The molecule has 1 atom stereocenters. The van der Waals surface area contributed by atoms with Crippen LogP contribution in [0.5, 0.6) is 0 Å². The van der Waals surface area contributed by atoms with Crippen molar-refractivity contribution in [3.05, 3.63) is 42.0 Å². The fourth-order valence-electron chi connectivity index (χ4n) is 3.18. The van der Waals surface area contributed by atoms with Crippen molar-refractivity contribution >= 4 is 33.8 Å². The SMILES string of the molecule is CC(Cc1cccc2cccc(B3OC(C)(C)C(C)(C)O3)c12)O[SiH3]. The summed E-state index contributed by atoms with van der Waals surface area (Å²) in [5.41, 5.74) is 1.74. The average Bonchev–Trinajstić information content (AvgIpc) is 2.75. The van der Waals surface area contributed by atoms with Crippen molar-refractivity contribution in [3.8, 4) is 0 Å². The first-order valence-electron chi connectivity index (χ1n) is 8.64. The normalized spacial score (nSPS) is 20.6. The third kappa shape index (κ3) is 3.06. The minimum Gasteiger partial charge on any atom is -0.425 e. The van der Waals surface area contributed by atoms with Crippen LogP contribution in [-0.4, -0.2) is 34.9 Å². The van der Waals surface area contributed by atoms with Gasteiger partial charge in [0.1, 0.15) is 10.5 Å². The summed E-state index contributed by atoms with van der Waals surface area (Å²) in [6.07, 6.45) is 1.13. The molecular formula is C19H27BO3Si. The van der Waals surface area contributed by atoms with Crippen LogP contribution in [0.2, 0.25) is 0 Å². The number of hydrogen-bond donors (Lipinski definition) is 0. The van der Waals surface area contributed by atoms with Crippen molar-refractivity contribution in [2.45, 2.75) is 58.3 Å². The van der Waals surface area contributed by atoms with E-state index in [9.17, 15) is 0 Å². The van der Waals surface area contributed by atoms with E-state index in [1.807, 2.05) is 0 Å². The third-order valence-corrected chi connectivity index (χ3v) is 6.24.